The third kappa shape index (κ3) is 4.12. The van der Waals surface area contributed by atoms with Crippen molar-refractivity contribution in [2.75, 3.05) is 6.61 Å². The molecule has 2 saturated carbocycles. The van der Waals surface area contributed by atoms with E-state index in [9.17, 15) is 4.79 Å². The van der Waals surface area contributed by atoms with Crippen molar-refractivity contribution in [1.29, 1.82) is 0 Å². The standard InChI is InChI=1S/C23H36O4/c1-15(16-6-10-22(4)19(12-16)26-22)25-14-21(2,3)9-8-18(24)17-7-11-23(5)20(13-17)27-23/h16-17,19-20H,1,6-14H2,2-5H3. The minimum Gasteiger partial charge on any atom is -0.498 e. The molecule has 2 heterocycles. The summed E-state index contributed by atoms with van der Waals surface area (Å²) in [5.74, 6) is 1.94. The van der Waals surface area contributed by atoms with Crippen LogP contribution in [0.1, 0.15) is 79.1 Å². The van der Waals surface area contributed by atoms with Gasteiger partial charge in [0.1, 0.15) is 5.78 Å². The van der Waals surface area contributed by atoms with Gasteiger partial charge in [-0.05, 0) is 64.2 Å². The molecule has 0 amide bonds. The first-order valence-electron chi connectivity index (χ1n) is 10.8. The quantitative estimate of drug-likeness (QED) is 0.451. The summed E-state index contributed by atoms with van der Waals surface area (Å²) in [6, 6.07) is 0. The molecule has 4 nitrogen and oxygen atoms in total. The maximum atomic E-state index is 12.6. The molecular formula is C23H36O4. The molecule has 4 rings (SSSR count). The number of rotatable bonds is 8. The molecule has 0 bridgehead atoms. The number of carbonyl (C=O) groups is 1. The lowest BCUT2D eigenvalue weighted by Gasteiger charge is -2.30. The summed E-state index contributed by atoms with van der Waals surface area (Å²) in [4.78, 5) is 12.6. The van der Waals surface area contributed by atoms with Crippen molar-refractivity contribution in [3.05, 3.63) is 12.3 Å². The van der Waals surface area contributed by atoms with Crippen LogP contribution in [0.2, 0.25) is 0 Å². The molecule has 0 radical (unpaired) electrons. The maximum Gasteiger partial charge on any atom is 0.136 e. The van der Waals surface area contributed by atoms with Crippen LogP contribution in [0.5, 0.6) is 0 Å². The summed E-state index contributed by atoms with van der Waals surface area (Å²) >= 11 is 0. The summed E-state index contributed by atoms with van der Waals surface area (Å²) in [5, 5.41) is 0. The molecule has 0 spiro atoms. The Bertz CT molecular complexity index is 574. The number of allylic oxidation sites excluding steroid dienone is 1. The van der Waals surface area contributed by atoms with E-state index in [0.29, 0.717) is 36.9 Å². The van der Waals surface area contributed by atoms with E-state index in [1.165, 1.54) is 0 Å². The minimum absolute atomic E-state index is 0.0167. The fraction of sp³-hybridized carbons (Fsp3) is 0.870. The third-order valence-corrected chi connectivity index (χ3v) is 7.65. The lowest BCUT2D eigenvalue weighted by Crippen LogP contribution is -2.28. The molecule has 0 aromatic heterocycles. The lowest BCUT2D eigenvalue weighted by molar-refractivity contribution is -0.124. The van der Waals surface area contributed by atoms with Crippen molar-refractivity contribution in [2.24, 2.45) is 17.3 Å². The van der Waals surface area contributed by atoms with Crippen molar-refractivity contribution in [1.82, 2.24) is 0 Å². The number of Topliss-reactive ketones (excluding diaryl/α,β-unsaturated/α-hetero) is 1. The summed E-state index contributed by atoms with van der Waals surface area (Å²) < 4.78 is 17.6. The van der Waals surface area contributed by atoms with Crippen LogP contribution < -0.4 is 0 Å². The van der Waals surface area contributed by atoms with Crippen LogP contribution in [0.25, 0.3) is 0 Å². The van der Waals surface area contributed by atoms with E-state index < -0.39 is 0 Å². The molecule has 0 aromatic carbocycles. The van der Waals surface area contributed by atoms with Crippen LogP contribution in [0.15, 0.2) is 12.3 Å². The number of carbonyl (C=O) groups excluding carboxylic acids is 1. The van der Waals surface area contributed by atoms with Crippen LogP contribution in [0, 0.1) is 17.3 Å². The second-order valence-corrected chi connectivity index (χ2v) is 10.7. The van der Waals surface area contributed by atoms with Gasteiger partial charge in [-0.3, -0.25) is 4.79 Å². The van der Waals surface area contributed by atoms with Crippen molar-refractivity contribution < 1.29 is 19.0 Å². The fourth-order valence-corrected chi connectivity index (χ4v) is 5.02. The molecule has 27 heavy (non-hydrogen) atoms. The molecule has 0 N–H and O–H groups in total. The van der Waals surface area contributed by atoms with Gasteiger partial charge in [-0.2, -0.15) is 0 Å². The second kappa shape index (κ2) is 6.59. The van der Waals surface area contributed by atoms with Gasteiger partial charge in [0, 0.05) is 18.3 Å². The van der Waals surface area contributed by atoms with E-state index in [1.54, 1.807) is 0 Å². The monoisotopic (exact) mass is 376 g/mol. The average molecular weight is 377 g/mol. The summed E-state index contributed by atoms with van der Waals surface area (Å²) in [6.07, 6.45) is 8.44. The maximum absolute atomic E-state index is 12.6. The van der Waals surface area contributed by atoms with Gasteiger partial charge in [0.05, 0.1) is 35.8 Å². The zero-order valence-electron chi connectivity index (χ0n) is 17.5. The third-order valence-electron chi connectivity index (χ3n) is 7.65. The van der Waals surface area contributed by atoms with Gasteiger partial charge in [0.2, 0.25) is 0 Å². The number of hydrogen-bond donors (Lipinski definition) is 0. The highest BCUT2D eigenvalue weighted by molar-refractivity contribution is 5.81. The molecule has 6 atom stereocenters. The topological polar surface area (TPSA) is 51.4 Å². The molecule has 0 aromatic rings. The van der Waals surface area contributed by atoms with Crippen LogP contribution in [0.3, 0.4) is 0 Å². The number of ketones is 1. The van der Waals surface area contributed by atoms with Crippen molar-refractivity contribution >= 4 is 5.78 Å². The Kier molecular flexibility index (Phi) is 4.74. The van der Waals surface area contributed by atoms with Crippen LogP contribution in [-0.4, -0.2) is 35.8 Å². The van der Waals surface area contributed by atoms with E-state index in [1.807, 2.05) is 0 Å². The molecule has 4 heteroatoms. The van der Waals surface area contributed by atoms with Crippen molar-refractivity contribution in [2.45, 2.75) is 102 Å². The first-order valence-corrected chi connectivity index (χ1v) is 10.8. The van der Waals surface area contributed by atoms with Gasteiger partial charge in [-0.1, -0.05) is 20.4 Å². The van der Waals surface area contributed by atoms with Crippen LogP contribution in [0.4, 0.5) is 0 Å². The predicted octanol–water partition coefficient (Wildman–Crippen LogP) is 4.81. The lowest BCUT2D eigenvalue weighted by atomic mass is 9.78. The first-order chi connectivity index (χ1) is 12.6. The molecule has 2 aliphatic heterocycles. The molecule has 152 valence electrons. The van der Waals surface area contributed by atoms with E-state index in [0.717, 1.165) is 50.7 Å². The highest BCUT2D eigenvalue weighted by atomic mass is 16.6. The Balaban J connectivity index is 1.17. The van der Waals surface area contributed by atoms with Gasteiger partial charge in [0.25, 0.3) is 0 Å². The Morgan fingerprint density at radius 3 is 2.22 bits per heavy atom. The first kappa shape index (κ1) is 19.4. The molecule has 4 aliphatic rings. The molecule has 2 aliphatic carbocycles. The molecule has 4 fully saturated rings. The molecule has 2 saturated heterocycles. The Morgan fingerprint density at radius 1 is 1.07 bits per heavy atom. The highest BCUT2D eigenvalue weighted by Gasteiger charge is 2.56. The van der Waals surface area contributed by atoms with Crippen LogP contribution >= 0.6 is 0 Å². The van der Waals surface area contributed by atoms with E-state index in [4.69, 9.17) is 14.2 Å². The Labute approximate surface area is 164 Å². The van der Waals surface area contributed by atoms with E-state index >= 15 is 0 Å². The van der Waals surface area contributed by atoms with Gasteiger partial charge in [-0.15, -0.1) is 0 Å². The van der Waals surface area contributed by atoms with E-state index in [-0.39, 0.29) is 22.5 Å². The van der Waals surface area contributed by atoms with Gasteiger partial charge < -0.3 is 14.2 Å². The Hall–Kier alpha value is -0.870. The van der Waals surface area contributed by atoms with E-state index in [2.05, 4.69) is 34.3 Å². The molecule has 6 unspecified atom stereocenters. The van der Waals surface area contributed by atoms with Crippen molar-refractivity contribution in [3.63, 3.8) is 0 Å². The highest BCUT2D eigenvalue weighted by Crippen LogP contribution is 2.51. The number of ether oxygens (including phenoxy) is 3. The normalized spacial score (nSPS) is 42.7. The fourth-order valence-electron chi connectivity index (χ4n) is 5.02. The summed E-state index contributed by atoms with van der Waals surface area (Å²) in [6.45, 7) is 13.6. The van der Waals surface area contributed by atoms with Crippen LogP contribution in [-0.2, 0) is 19.0 Å². The number of epoxide rings is 2. The zero-order chi connectivity index (χ0) is 19.4. The Morgan fingerprint density at radius 2 is 1.63 bits per heavy atom. The number of fused-ring (bicyclic) bond motifs is 2. The molecular weight excluding hydrogens is 340 g/mol. The second-order valence-electron chi connectivity index (χ2n) is 10.7. The van der Waals surface area contributed by atoms with Gasteiger partial charge >= 0.3 is 0 Å². The summed E-state index contributed by atoms with van der Waals surface area (Å²) in [7, 11) is 0. The smallest absolute Gasteiger partial charge is 0.136 e. The average Bonchev–Trinajstić information content (AvgIpc) is 3.49. The zero-order valence-corrected chi connectivity index (χ0v) is 17.5. The SMILES string of the molecule is C=C(OCC(C)(C)CCC(=O)C1CCC2(C)OC2C1)C1CCC2(C)OC2C1. The minimum atomic E-state index is -0.0167. The summed E-state index contributed by atoms with van der Waals surface area (Å²) in [5.41, 5.74) is 0.210. The van der Waals surface area contributed by atoms with Crippen molar-refractivity contribution in [3.8, 4) is 0 Å². The largest absolute Gasteiger partial charge is 0.498 e. The van der Waals surface area contributed by atoms with Gasteiger partial charge in [-0.25, -0.2) is 0 Å². The van der Waals surface area contributed by atoms with Gasteiger partial charge in [0.15, 0.2) is 0 Å². The predicted molar refractivity (Wildman–Crippen MR) is 104 cm³/mol. The number of hydrogen-bond acceptors (Lipinski definition) is 4.